The lowest BCUT2D eigenvalue weighted by Crippen LogP contribution is -2.33. The van der Waals surface area contributed by atoms with E-state index in [0.717, 1.165) is 11.7 Å². The number of ether oxygens (including phenoxy) is 2. The van der Waals surface area contributed by atoms with Crippen LogP contribution in [0.1, 0.15) is 20.8 Å². The molecule has 0 saturated heterocycles. The van der Waals surface area contributed by atoms with E-state index in [0.29, 0.717) is 11.3 Å². The maximum Gasteiger partial charge on any atom is 0.373 e. The molecule has 0 fully saturated rings. The molecule has 0 bridgehead atoms. The Labute approximate surface area is 172 Å². The van der Waals surface area contributed by atoms with Crippen molar-refractivity contribution >= 4 is 28.4 Å². The Kier molecular flexibility index (Phi) is 5.77. The number of fused-ring (bicyclic) bond motifs is 1. The van der Waals surface area contributed by atoms with Crippen molar-refractivity contribution in [3.63, 3.8) is 0 Å². The summed E-state index contributed by atoms with van der Waals surface area (Å²) in [5.41, 5.74) is -0.599. The van der Waals surface area contributed by atoms with Crippen LogP contribution in [0.3, 0.4) is 0 Å². The summed E-state index contributed by atoms with van der Waals surface area (Å²) in [6.07, 6.45) is 2.74. The number of nitro groups is 1. The Hall–Kier alpha value is -3.82. The van der Waals surface area contributed by atoms with Crippen molar-refractivity contribution in [3.05, 3.63) is 53.0 Å². The Morgan fingerprint density at radius 3 is 2.60 bits per heavy atom. The van der Waals surface area contributed by atoms with Gasteiger partial charge in [0.05, 0.1) is 4.92 Å². The number of rotatable bonds is 6. The molecular weight excluding hydrogens is 390 g/mol. The Morgan fingerprint density at radius 1 is 1.17 bits per heavy atom. The van der Waals surface area contributed by atoms with E-state index in [2.05, 4.69) is 15.0 Å². The van der Waals surface area contributed by atoms with E-state index >= 15 is 0 Å². The van der Waals surface area contributed by atoms with E-state index in [4.69, 9.17) is 9.47 Å². The summed E-state index contributed by atoms with van der Waals surface area (Å²) in [6, 6.07) is 8.88. The molecule has 156 valence electrons. The van der Waals surface area contributed by atoms with Crippen LogP contribution in [0.2, 0.25) is 0 Å². The molecule has 2 heterocycles. The van der Waals surface area contributed by atoms with Gasteiger partial charge in [-0.15, -0.1) is 0 Å². The zero-order valence-electron chi connectivity index (χ0n) is 17.0. The number of nitrogens with zero attached hydrogens (tertiary/aromatic N) is 5. The minimum atomic E-state index is -0.675. The van der Waals surface area contributed by atoms with Gasteiger partial charge in [-0.25, -0.2) is 4.98 Å². The van der Waals surface area contributed by atoms with Crippen LogP contribution in [0.25, 0.3) is 10.9 Å². The highest BCUT2D eigenvalue weighted by Gasteiger charge is 2.29. The molecule has 0 aliphatic carbocycles. The highest BCUT2D eigenvalue weighted by atomic mass is 16.6. The SMILES string of the molecule is CN(CC(=O)OC(C)(C)C)c1ncnc(Oc2cccc3cccnc23)c1[N+](=O)[O-]. The monoisotopic (exact) mass is 411 g/mol. The van der Waals surface area contributed by atoms with Crippen LogP contribution in [-0.4, -0.2) is 45.0 Å². The van der Waals surface area contributed by atoms with E-state index in [1.165, 1.54) is 11.9 Å². The Morgan fingerprint density at radius 2 is 1.90 bits per heavy atom. The number of para-hydroxylation sites is 1. The maximum atomic E-state index is 12.1. The number of hydrogen-bond donors (Lipinski definition) is 0. The van der Waals surface area contributed by atoms with Crippen LogP contribution in [-0.2, 0) is 9.53 Å². The molecule has 10 nitrogen and oxygen atoms in total. The van der Waals surface area contributed by atoms with Crippen molar-refractivity contribution in [2.45, 2.75) is 26.4 Å². The summed E-state index contributed by atoms with van der Waals surface area (Å²) >= 11 is 0. The van der Waals surface area contributed by atoms with Gasteiger partial charge in [0, 0.05) is 18.6 Å². The highest BCUT2D eigenvalue weighted by Crippen LogP contribution is 2.37. The minimum Gasteiger partial charge on any atom is -0.459 e. The zero-order valence-corrected chi connectivity index (χ0v) is 17.0. The first-order valence-corrected chi connectivity index (χ1v) is 9.09. The molecule has 0 aliphatic heterocycles. The molecule has 0 N–H and O–H groups in total. The van der Waals surface area contributed by atoms with Gasteiger partial charge < -0.3 is 14.4 Å². The summed E-state index contributed by atoms with van der Waals surface area (Å²) in [6.45, 7) is 4.98. The smallest absolute Gasteiger partial charge is 0.373 e. The van der Waals surface area contributed by atoms with Gasteiger partial charge in [-0.3, -0.25) is 19.9 Å². The summed E-state index contributed by atoms with van der Waals surface area (Å²) in [4.78, 5) is 36.8. The number of carbonyl (C=O) groups excluding carboxylic acids is 1. The second-order valence-corrected chi connectivity index (χ2v) is 7.48. The van der Waals surface area contributed by atoms with Crippen molar-refractivity contribution in [2.75, 3.05) is 18.5 Å². The normalized spacial score (nSPS) is 11.2. The van der Waals surface area contributed by atoms with Gasteiger partial charge in [-0.05, 0) is 32.9 Å². The van der Waals surface area contributed by atoms with Crippen molar-refractivity contribution in [2.24, 2.45) is 0 Å². The quantitative estimate of drug-likeness (QED) is 0.341. The van der Waals surface area contributed by atoms with Gasteiger partial charge in [0.25, 0.3) is 0 Å². The molecule has 0 spiro atoms. The maximum absolute atomic E-state index is 12.1. The van der Waals surface area contributed by atoms with Crippen LogP contribution in [0.5, 0.6) is 11.6 Å². The zero-order chi connectivity index (χ0) is 21.9. The number of pyridine rings is 1. The first-order chi connectivity index (χ1) is 14.2. The molecule has 3 aromatic rings. The van der Waals surface area contributed by atoms with Crippen molar-refractivity contribution in [3.8, 4) is 11.6 Å². The third-order valence-electron chi connectivity index (χ3n) is 3.90. The summed E-state index contributed by atoms with van der Waals surface area (Å²) < 4.78 is 11.0. The fourth-order valence-electron chi connectivity index (χ4n) is 2.77. The van der Waals surface area contributed by atoms with Crippen LogP contribution in [0.15, 0.2) is 42.9 Å². The number of likely N-dealkylation sites (N-methyl/N-ethyl adjacent to an activating group) is 1. The third kappa shape index (κ3) is 4.77. The minimum absolute atomic E-state index is 0.0657. The topological polar surface area (TPSA) is 121 Å². The number of benzene rings is 1. The second kappa shape index (κ2) is 8.27. The van der Waals surface area contributed by atoms with Gasteiger partial charge in [-0.2, -0.15) is 4.98 Å². The molecule has 0 amide bonds. The molecule has 0 unspecified atom stereocenters. The lowest BCUT2D eigenvalue weighted by Gasteiger charge is -2.23. The van der Waals surface area contributed by atoms with Crippen LogP contribution < -0.4 is 9.64 Å². The van der Waals surface area contributed by atoms with Crippen molar-refractivity contribution in [1.29, 1.82) is 0 Å². The first kappa shape index (κ1) is 20.9. The first-order valence-electron chi connectivity index (χ1n) is 9.09. The predicted molar refractivity (Wildman–Crippen MR) is 110 cm³/mol. The van der Waals surface area contributed by atoms with Gasteiger partial charge in [0.1, 0.15) is 24.0 Å². The molecule has 10 heteroatoms. The Balaban J connectivity index is 1.95. The average molecular weight is 411 g/mol. The highest BCUT2D eigenvalue weighted by molar-refractivity contribution is 5.84. The average Bonchev–Trinajstić information content (AvgIpc) is 2.66. The summed E-state index contributed by atoms with van der Waals surface area (Å²) in [5, 5.41) is 12.6. The number of aromatic nitrogens is 3. The number of esters is 1. The Bertz CT molecular complexity index is 1090. The fraction of sp³-hybridized carbons (Fsp3) is 0.300. The van der Waals surface area contributed by atoms with Gasteiger partial charge in [-0.1, -0.05) is 18.2 Å². The standard InChI is InChI=1S/C20H21N5O5/c1-20(2,3)30-15(26)11-24(4)18-17(25(27)28)19(23-12-22-18)29-14-9-5-7-13-8-6-10-21-16(13)14/h5-10,12H,11H2,1-4H3. The molecule has 0 saturated carbocycles. The van der Waals surface area contributed by atoms with E-state index in [1.807, 2.05) is 12.1 Å². The van der Waals surface area contributed by atoms with E-state index in [-0.39, 0.29) is 18.2 Å². The molecule has 0 radical (unpaired) electrons. The van der Waals surface area contributed by atoms with Crippen molar-refractivity contribution < 1.29 is 19.2 Å². The van der Waals surface area contributed by atoms with Crippen LogP contribution in [0.4, 0.5) is 11.5 Å². The molecule has 0 aliphatic rings. The van der Waals surface area contributed by atoms with E-state index < -0.39 is 22.2 Å². The van der Waals surface area contributed by atoms with Crippen LogP contribution >= 0.6 is 0 Å². The lowest BCUT2D eigenvalue weighted by atomic mass is 10.2. The van der Waals surface area contributed by atoms with Gasteiger partial charge >= 0.3 is 17.5 Å². The number of hydrogen-bond acceptors (Lipinski definition) is 9. The number of anilines is 1. The van der Waals surface area contributed by atoms with E-state index in [1.54, 1.807) is 45.2 Å². The molecular formula is C20H21N5O5. The number of carbonyl (C=O) groups is 1. The third-order valence-corrected chi connectivity index (χ3v) is 3.90. The largest absolute Gasteiger partial charge is 0.459 e. The molecule has 30 heavy (non-hydrogen) atoms. The molecule has 0 atom stereocenters. The van der Waals surface area contributed by atoms with Crippen molar-refractivity contribution in [1.82, 2.24) is 15.0 Å². The van der Waals surface area contributed by atoms with Gasteiger partial charge in [0.2, 0.25) is 5.82 Å². The fourth-order valence-corrected chi connectivity index (χ4v) is 2.77. The second-order valence-electron chi connectivity index (χ2n) is 7.48. The predicted octanol–water partition coefficient (Wildman–Crippen LogP) is 3.50. The molecule has 2 aromatic heterocycles. The summed E-state index contributed by atoms with van der Waals surface area (Å²) in [7, 11) is 1.50. The summed E-state index contributed by atoms with van der Waals surface area (Å²) in [5.74, 6) is -0.544. The molecule has 3 rings (SSSR count). The van der Waals surface area contributed by atoms with Gasteiger partial charge in [0.15, 0.2) is 5.75 Å². The van der Waals surface area contributed by atoms with E-state index in [9.17, 15) is 14.9 Å². The van der Waals surface area contributed by atoms with Crippen LogP contribution in [0, 0.1) is 10.1 Å². The molecule has 1 aromatic carbocycles. The lowest BCUT2D eigenvalue weighted by molar-refractivity contribution is -0.385.